The molecule has 8 nitrogen and oxygen atoms in total. The predicted molar refractivity (Wildman–Crippen MR) is 147 cm³/mol. The number of phenols is 3. The van der Waals surface area contributed by atoms with Crippen LogP contribution in [0.2, 0.25) is 0 Å². The maximum Gasteiger partial charge on any atom is 0.302 e. The van der Waals surface area contributed by atoms with Crippen molar-refractivity contribution in [3.05, 3.63) is 68.4 Å². The maximum absolute atomic E-state index is 13.8. The zero-order valence-corrected chi connectivity index (χ0v) is 22.6. The third-order valence-electron chi connectivity index (χ3n) is 6.19. The Hall–Kier alpha value is -4.20. The van der Waals surface area contributed by atoms with Gasteiger partial charge < -0.3 is 29.2 Å². The minimum Gasteiger partial charge on any atom is -0.507 e. The molecule has 8 heteroatoms. The Morgan fingerprint density at radius 1 is 0.868 bits per heavy atom. The molecule has 0 aliphatic carbocycles. The van der Waals surface area contributed by atoms with Crippen LogP contribution in [0.3, 0.4) is 0 Å². The second-order valence-electron chi connectivity index (χ2n) is 9.58. The molecule has 0 unspecified atom stereocenters. The molecule has 3 N–H and O–H groups in total. The molecule has 0 spiro atoms. The lowest BCUT2D eigenvalue weighted by atomic mass is 9.98. The average Bonchev–Trinajstić information content (AvgIpc) is 2.83. The van der Waals surface area contributed by atoms with Gasteiger partial charge in [-0.15, -0.1) is 0 Å². The number of ether oxygens (including phenoxy) is 2. The summed E-state index contributed by atoms with van der Waals surface area (Å²) in [4.78, 5) is 24.9. The summed E-state index contributed by atoms with van der Waals surface area (Å²) in [5.41, 5.74) is 3.11. The molecule has 38 heavy (non-hydrogen) atoms. The van der Waals surface area contributed by atoms with Crippen LogP contribution in [0.15, 0.2) is 56.3 Å². The highest BCUT2D eigenvalue weighted by Gasteiger charge is 2.23. The molecule has 0 saturated carbocycles. The number of methoxy groups -OCH3 is 1. The highest BCUT2D eigenvalue weighted by Crippen LogP contribution is 2.40. The molecular weight excluding hydrogens is 488 g/mol. The molecule has 3 rings (SSSR count). The molecule has 2 aromatic carbocycles. The molecule has 0 amide bonds. The van der Waals surface area contributed by atoms with Crippen LogP contribution < -0.4 is 10.2 Å². The van der Waals surface area contributed by atoms with Crippen molar-refractivity contribution >= 4 is 27.9 Å². The molecule has 1 heterocycles. The van der Waals surface area contributed by atoms with Crippen molar-refractivity contribution in [2.24, 2.45) is 0 Å². The van der Waals surface area contributed by atoms with Gasteiger partial charge in [-0.05, 0) is 52.5 Å². The highest BCUT2D eigenvalue weighted by atomic mass is 16.5. The van der Waals surface area contributed by atoms with Crippen molar-refractivity contribution in [3.8, 4) is 23.0 Å². The number of carbonyl (C=O) groups is 1. The summed E-state index contributed by atoms with van der Waals surface area (Å²) in [5, 5.41) is 32.3. The van der Waals surface area contributed by atoms with Crippen LogP contribution in [0.1, 0.15) is 52.2 Å². The summed E-state index contributed by atoms with van der Waals surface area (Å²) < 4.78 is 16.3. The Morgan fingerprint density at radius 3 is 2.11 bits per heavy atom. The molecule has 0 bridgehead atoms. The summed E-state index contributed by atoms with van der Waals surface area (Å²) >= 11 is 0. The summed E-state index contributed by atoms with van der Waals surface area (Å²) in [6.07, 6.45) is 6.87. The molecule has 0 saturated heterocycles. The van der Waals surface area contributed by atoms with E-state index in [9.17, 15) is 24.9 Å². The van der Waals surface area contributed by atoms with Crippen molar-refractivity contribution in [1.29, 1.82) is 0 Å². The largest absolute Gasteiger partial charge is 0.507 e. The third kappa shape index (κ3) is 6.19. The van der Waals surface area contributed by atoms with E-state index in [1.54, 1.807) is 13.0 Å². The van der Waals surface area contributed by atoms with Crippen LogP contribution in [-0.2, 0) is 22.4 Å². The van der Waals surface area contributed by atoms with Gasteiger partial charge >= 0.3 is 5.97 Å². The Balaban J connectivity index is 2.21. The quantitative estimate of drug-likeness (QED) is 0.178. The Bertz CT molecular complexity index is 1530. The van der Waals surface area contributed by atoms with E-state index in [0.717, 1.165) is 12.0 Å². The van der Waals surface area contributed by atoms with E-state index in [1.165, 1.54) is 31.7 Å². The number of hydrogen-bond acceptors (Lipinski definition) is 8. The standard InChI is InChI=1S/C30H34O8/c1-16(2)7-8-17(3)9-12-21-26-24(14-23(33)30(21)36-6)38-25-13-22(32)20(28(34)27(25)29(26)35)11-10-18(4)15-37-19(5)31/h7,9-10,13-14,32-34H,8,11-12,15H2,1-6H3/b17-9-,18-10+. The van der Waals surface area contributed by atoms with Gasteiger partial charge in [-0.2, -0.15) is 0 Å². The van der Waals surface area contributed by atoms with Crippen molar-refractivity contribution in [2.45, 2.75) is 53.9 Å². The number of allylic oxidation sites excluding steroid dienone is 5. The number of rotatable bonds is 9. The monoisotopic (exact) mass is 522 g/mol. The van der Waals surface area contributed by atoms with Crippen LogP contribution in [0.4, 0.5) is 0 Å². The zero-order valence-electron chi connectivity index (χ0n) is 22.6. The van der Waals surface area contributed by atoms with Gasteiger partial charge in [-0.1, -0.05) is 29.4 Å². The lowest BCUT2D eigenvalue weighted by molar-refractivity contribution is -0.139. The summed E-state index contributed by atoms with van der Waals surface area (Å²) in [5.74, 6) is -1.12. The second kappa shape index (κ2) is 11.9. The smallest absolute Gasteiger partial charge is 0.302 e. The Kier molecular flexibility index (Phi) is 8.88. The van der Waals surface area contributed by atoms with E-state index in [4.69, 9.17) is 13.9 Å². The average molecular weight is 523 g/mol. The first-order valence-electron chi connectivity index (χ1n) is 12.3. The number of carbonyl (C=O) groups excluding carboxylic acids is 1. The van der Waals surface area contributed by atoms with Crippen molar-refractivity contribution < 1.29 is 34.0 Å². The first-order valence-corrected chi connectivity index (χ1v) is 12.3. The van der Waals surface area contributed by atoms with E-state index >= 15 is 0 Å². The molecule has 0 aliphatic heterocycles. The fourth-order valence-electron chi connectivity index (χ4n) is 4.12. The fraction of sp³-hybridized carbons (Fsp3) is 0.333. The van der Waals surface area contributed by atoms with Gasteiger partial charge in [0.1, 0.15) is 34.7 Å². The van der Waals surface area contributed by atoms with Crippen molar-refractivity contribution in [3.63, 3.8) is 0 Å². The first kappa shape index (κ1) is 28.4. The molecule has 3 aromatic rings. The van der Waals surface area contributed by atoms with E-state index < -0.39 is 17.1 Å². The summed E-state index contributed by atoms with van der Waals surface area (Å²) in [6.45, 7) is 9.14. The van der Waals surface area contributed by atoms with Crippen molar-refractivity contribution in [1.82, 2.24) is 0 Å². The topological polar surface area (TPSA) is 126 Å². The molecule has 0 aliphatic rings. The van der Waals surface area contributed by atoms with Gasteiger partial charge in [0.25, 0.3) is 0 Å². The Morgan fingerprint density at radius 2 is 1.47 bits per heavy atom. The highest BCUT2D eigenvalue weighted by molar-refractivity contribution is 5.97. The van der Waals surface area contributed by atoms with Gasteiger partial charge in [-0.3, -0.25) is 9.59 Å². The minimum absolute atomic E-state index is 0.0207. The first-order chi connectivity index (χ1) is 17.9. The third-order valence-corrected chi connectivity index (χ3v) is 6.19. The van der Waals surface area contributed by atoms with Crippen LogP contribution in [0.5, 0.6) is 23.0 Å². The lowest BCUT2D eigenvalue weighted by Crippen LogP contribution is -2.08. The second-order valence-corrected chi connectivity index (χ2v) is 9.58. The van der Waals surface area contributed by atoms with E-state index in [-0.39, 0.29) is 64.2 Å². The number of benzene rings is 2. The number of esters is 1. The van der Waals surface area contributed by atoms with Gasteiger partial charge in [0, 0.05) is 30.2 Å². The zero-order chi connectivity index (χ0) is 28.1. The maximum atomic E-state index is 13.8. The summed E-state index contributed by atoms with van der Waals surface area (Å²) in [6, 6.07) is 2.56. The van der Waals surface area contributed by atoms with E-state index in [1.807, 2.05) is 26.8 Å². The van der Waals surface area contributed by atoms with Crippen LogP contribution in [0.25, 0.3) is 21.9 Å². The molecule has 0 fully saturated rings. The van der Waals surface area contributed by atoms with Crippen LogP contribution in [-0.4, -0.2) is 35.0 Å². The minimum atomic E-state index is -0.510. The van der Waals surface area contributed by atoms with Gasteiger partial charge in [0.2, 0.25) is 5.43 Å². The van der Waals surface area contributed by atoms with E-state index in [0.29, 0.717) is 11.1 Å². The van der Waals surface area contributed by atoms with Gasteiger partial charge in [0.05, 0.1) is 12.5 Å². The molecule has 0 atom stereocenters. The molecule has 202 valence electrons. The molecular formula is C30H34O8. The van der Waals surface area contributed by atoms with E-state index in [2.05, 4.69) is 6.08 Å². The molecule has 1 aromatic heterocycles. The fourth-order valence-corrected chi connectivity index (χ4v) is 4.12. The SMILES string of the molecule is COc1c(O)cc2oc3cc(O)c(C/C=C(\C)COC(C)=O)c(O)c3c(=O)c2c1C/C=C(/C)CC=C(C)C. The number of fused-ring (bicyclic) bond motifs is 2. The normalized spacial score (nSPS) is 12.2. The number of aromatic hydroxyl groups is 3. The van der Waals surface area contributed by atoms with Gasteiger partial charge in [-0.25, -0.2) is 0 Å². The lowest BCUT2D eigenvalue weighted by Gasteiger charge is -2.14. The number of phenolic OH excluding ortho intramolecular Hbond substituents is 3. The van der Waals surface area contributed by atoms with Gasteiger partial charge in [0.15, 0.2) is 11.5 Å². The van der Waals surface area contributed by atoms with Crippen LogP contribution in [0, 0.1) is 0 Å². The van der Waals surface area contributed by atoms with Crippen molar-refractivity contribution in [2.75, 3.05) is 13.7 Å². The Labute approximate surface area is 221 Å². The van der Waals surface area contributed by atoms with Crippen LogP contribution >= 0.6 is 0 Å². The predicted octanol–water partition coefficient (Wildman–Crippen LogP) is 5.97. The molecule has 0 radical (unpaired) electrons. The number of hydrogen-bond donors (Lipinski definition) is 3. The summed E-state index contributed by atoms with van der Waals surface area (Å²) in [7, 11) is 1.41.